The molecule has 20 heavy (non-hydrogen) atoms. The second-order valence-corrected chi connectivity index (χ2v) is 5.21. The first-order valence-electron chi connectivity index (χ1n) is 7.23. The van der Waals surface area contributed by atoms with E-state index in [-0.39, 0.29) is 6.10 Å². The molecule has 0 fully saturated rings. The van der Waals surface area contributed by atoms with Crippen molar-refractivity contribution in [3.8, 4) is 5.75 Å². The van der Waals surface area contributed by atoms with E-state index in [0.717, 1.165) is 24.4 Å². The normalized spacial score (nSPS) is 11.9. The van der Waals surface area contributed by atoms with Gasteiger partial charge in [0.25, 0.3) is 0 Å². The Balaban J connectivity index is 1.97. The zero-order valence-corrected chi connectivity index (χ0v) is 12.5. The van der Waals surface area contributed by atoms with Crippen molar-refractivity contribution in [1.29, 1.82) is 0 Å². The van der Waals surface area contributed by atoms with Gasteiger partial charge in [-0.15, -0.1) is 0 Å². The molecule has 0 spiro atoms. The van der Waals surface area contributed by atoms with E-state index >= 15 is 0 Å². The summed E-state index contributed by atoms with van der Waals surface area (Å²) in [7, 11) is 0. The fourth-order valence-corrected chi connectivity index (χ4v) is 2.02. The molecular formula is C18H23NO. The van der Waals surface area contributed by atoms with Gasteiger partial charge in [0.1, 0.15) is 5.75 Å². The lowest BCUT2D eigenvalue weighted by Crippen LogP contribution is -2.09. The largest absolute Gasteiger partial charge is 0.491 e. The molecule has 2 aromatic carbocycles. The van der Waals surface area contributed by atoms with E-state index in [1.54, 1.807) is 0 Å². The van der Waals surface area contributed by atoms with Gasteiger partial charge in [-0.25, -0.2) is 0 Å². The minimum absolute atomic E-state index is 0.252. The lowest BCUT2D eigenvalue weighted by molar-refractivity contribution is 0.217. The summed E-state index contributed by atoms with van der Waals surface area (Å²) in [6.45, 7) is 7.16. The summed E-state index contributed by atoms with van der Waals surface area (Å²) in [5.74, 6) is 0.925. The van der Waals surface area contributed by atoms with E-state index in [1.165, 1.54) is 11.1 Å². The van der Waals surface area contributed by atoms with Crippen LogP contribution >= 0.6 is 0 Å². The predicted molar refractivity (Wildman–Crippen MR) is 85.3 cm³/mol. The fourth-order valence-electron chi connectivity index (χ4n) is 2.02. The Morgan fingerprint density at radius 2 is 1.90 bits per heavy atom. The summed E-state index contributed by atoms with van der Waals surface area (Å²) in [6.07, 6.45) is 1.27. The van der Waals surface area contributed by atoms with Crippen molar-refractivity contribution >= 4 is 5.69 Å². The van der Waals surface area contributed by atoms with Crippen LogP contribution in [0.2, 0.25) is 0 Å². The second kappa shape index (κ2) is 6.99. The van der Waals surface area contributed by atoms with Crippen LogP contribution in [0.4, 0.5) is 5.69 Å². The maximum atomic E-state index is 5.84. The summed E-state index contributed by atoms with van der Waals surface area (Å²) < 4.78 is 5.84. The molecule has 0 aliphatic rings. The number of nitrogens with one attached hydrogen (secondary N) is 1. The van der Waals surface area contributed by atoms with Gasteiger partial charge in [-0.05, 0) is 38.0 Å². The van der Waals surface area contributed by atoms with Gasteiger partial charge in [0.2, 0.25) is 0 Å². The van der Waals surface area contributed by atoms with Crippen LogP contribution in [-0.4, -0.2) is 6.10 Å². The Bertz CT molecular complexity index is 551. The molecule has 1 N–H and O–H groups in total. The van der Waals surface area contributed by atoms with Crippen LogP contribution in [-0.2, 0) is 6.54 Å². The van der Waals surface area contributed by atoms with E-state index in [2.05, 4.69) is 62.5 Å². The first-order valence-corrected chi connectivity index (χ1v) is 7.23. The van der Waals surface area contributed by atoms with Crippen LogP contribution in [0.25, 0.3) is 0 Å². The Hall–Kier alpha value is -1.96. The predicted octanol–water partition coefficient (Wildman–Crippen LogP) is 4.78. The maximum absolute atomic E-state index is 5.84. The van der Waals surface area contributed by atoms with Crippen LogP contribution in [0.5, 0.6) is 5.75 Å². The average molecular weight is 269 g/mol. The zero-order chi connectivity index (χ0) is 14.4. The number of benzene rings is 2. The number of hydrogen-bond donors (Lipinski definition) is 1. The lowest BCUT2D eigenvalue weighted by Gasteiger charge is -2.14. The molecule has 1 atom stereocenters. The molecule has 0 bridgehead atoms. The lowest BCUT2D eigenvalue weighted by atomic mass is 10.1. The topological polar surface area (TPSA) is 21.3 Å². The van der Waals surface area contributed by atoms with Crippen LogP contribution in [0.1, 0.15) is 31.4 Å². The molecule has 0 aliphatic carbocycles. The molecule has 2 nitrogen and oxygen atoms in total. The highest BCUT2D eigenvalue weighted by Gasteiger charge is 2.02. The molecule has 0 aromatic heterocycles. The van der Waals surface area contributed by atoms with Crippen molar-refractivity contribution in [2.75, 3.05) is 5.32 Å². The molecule has 0 saturated carbocycles. The van der Waals surface area contributed by atoms with E-state index in [1.807, 2.05) is 12.1 Å². The highest BCUT2D eigenvalue weighted by molar-refractivity contribution is 5.48. The van der Waals surface area contributed by atoms with E-state index in [4.69, 9.17) is 4.74 Å². The summed E-state index contributed by atoms with van der Waals surface area (Å²) in [4.78, 5) is 0. The number of anilines is 1. The molecule has 0 saturated heterocycles. The van der Waals surface area contributed by atoms with Gasteiger partial charge in [0, 0.05) is 18.3 Å². The third-order valence-electron chi connectivity index (χ3n) is 3.33. The van der Waals surface area contributed by atoms with Gasteiger partial charge in [0.05, 0.1) is 6.10 Å². The number of hydrogen-bond acceptors (Lipinski definition) is 2. The smallest absolute Gasteiger partial charge is 0.121 e. The van der Waals surface area contributed by atoms with Crippen LogP contribution in [0.15, 0.2) is 48.5 Å². The Kier molecular flexibility index (Phi) is 5.05. The van der Waals surface area contributed by atoms with Gasteiger partial charge in [0.15, 0.2) is 0 Å². The van der Waals surface area contributed by atoms with Crippen molar-refractivity contribution in [3.05, 3.63) is 59.7 Å². The van der Waals surface area contributed by atoms with Crippen molar-refractivity contribution in [1.82, 2.24) is 0 Å². The Labute approximate surface area is 121 Å². The summed E-state index contributed by atoms with van der Waals surface area (Å²) in [5, 5.41) is 3.44. The molecule has 2 heteroatoms. The first-order chi connectivity index (χ1) is 9.67. The van der Waals surface area contributed by atoms with Gasteiger partial charge in [-0.3, -0.25) is 0 Å². The first kappa shape index (κ1) is 14.4. The van der Waals surface area contributed by atoms with Crippen molar-refractivity contribution in [2.24, 2.45) is 0 Å². The molecule has 0 amide bonds. The molecule has 0 aliphatic heterocycles. The van der Waals surface area contributed by atoms with Crippen LogP contribution in [0, 0.1) is 6.92 Å². The van der Waals surface area contributed by atoms with Crippen molar-refractivity contribution in [2.45, 2.75) is 39.8 Å². The third kappa shape index (κ3) is 4.30. The number of ether oxygens (including phenoxy) is 1. The van der Waals surface area contributed by atoms with E-state index in [9.17, 15) is 0 Å². The fraction of sp³-hybridized carbons (Fsp3) is 0.333. The highest BCUT2D eigenvalue weighted by Crippen LogP contribution is 2.20. The Morgan fingerprint density at radius 1 is 1.10 bits per heavy atom. The molecular weight excluding hydrogens is 246 g/mol. The quantitative estimate of drug-likeness (QED) is 0.814. The average Bonchev–Trinajstić information content (AvgIpc) is 2.45. The number of aryl methyl sites for hydroxylation is 1. The molecule has 106 valence electrons. The van der Waals surface area contributed by atoms with Gasteiger partial charge < -0.3 is 10.1 Å². The number of rotatable bonds is 6. The SMILES string of the molecule is CC[C@@H](C)Oc1cccc(NCc2cccc(C)c2)c1. The zero-order valence-electron chi connectivity index (χ0n) is 12.5. The molecule has 2 rings (SSSR count). The standard InChI is InChI=1S/C18H23NO/c1-4-15(3)20-18-10-6-9-17(12-18)19-13-16-8-5-7-14(2)11-16/h5-12,15,19H,4,13H2,1-3H3/t15-/m1/s1. The van der Waals surface area contributed by atoms with Crippen molar-refractivity contribution < 1.29 is 4.74 Å². The van der Waals surface area contributed by atoms with Crippen LogP contribution < -0.4 is 10.1 Å². The summed E-state index contributed by atoms with van der Waals surface area (Å²) >= 11 is 0. The summed E-state index contributed by atoms with van der Waals surface area (Å²) in [6, 6.07) is 16.7. The van der Waals surface area contributed by atoms with Gasteiger partial charge in [-0.1, -0.05) is 42.8 Å². The van der Waals surface area contributed by atoms with Gasteiger partial charge in [-0.2, -0.15) is 0 Å². The highest BCUT2D eigenvalue weighted by atomic mass is 16.5. The van der Waals surface area contributed by atoms with E-state index in [0.29, 0.717) is 0 Å². The minimum Gasteiger partial charge on any atom is -0.491 e. The molecule has 0 unspecified atom stereocenters. The second-order valence-electron chi connectivity index (χ2n) is 5.21. The van der Waals surface area contributed by atoms with E-state index < -0.39 is 0 Å². The monoisotopic (exact) mass is 269 g/mol. The van der Waals surface area contributed by atoms with Gasteiger partial charge >= 0.3 is 0 Å². The minimum atomic E-state index is 0.252. The molecule has 0 radical (unpaired) electrons. The summed E-state index contributed by atoms with van der Waals surface area (Å²) in [5.41, 5.74) is 3.67. The van der Waals surface area contributed by atoms with Crippen molar-refractivity contribution in [3.63, 3.8) is 0 Å². The molecule has 0 heterocycles. The Morgan fingerprint density at radius 3 is 2.65 bits per heavy atom. The molecule has 2 aromatic rings. The van der Waals surface area contributed by atoms with Crippen LogP contribution in [0.3, 0.4) is 0 Å². The maximum Gasteiger partial charge on any atom is 0.121 e. The third-order valence-corrected chi connectivity index (χ3v) is 3.33.